The highest BCUT2D eigenvalue weighted by molar-refractivity contribution is 7.74. The highest BCUT2D eigenvalue weighted by Crippen LogP contribution is 2.24. The molecule has 210 valence electrons. The first kappa shape index (κ1) is 30.2. The number of amides is 2. The van der Waals surface area contributed by atoms with Crippen LogP contribution in [-0.4, -0.2) is 37.4 Å². The minimum Gasteiger partial charge on any atom is -0.748 e. The van der Waals surface area contributed by atoms with Gasteiger partial charge in [-0.3, -0.25) is 10.3 Å². The second-order valence-corrected chi connectivity index (χ2v) is 11.2. The molecule has 3 N–H and O–H groups in total. The summed E-state index contributed by atoms with van der Waals surface area (Å²) < 4.78 is 31.0. The van der Waals surface area contributed by atoms with Gasteiger partial charge in [0.2, 0.25) is 5.91 Å². The van der Waals surface area contributed by atoms with E-state index in [4.69, 9.17) is 4.74 Å². The van der Waals surface area contributed by atoms with Gasteiger partial charge in [0.1, 0.15) is 28.0 Å². The number of carbonyl (C=O) groups excluding carboxylic acids is 2. The van der Waals surface area contributed by atoms with Crippen LogP contribution in [0.4, 0.5) is 10.5 Å². The third-order valence-electron chi connectivity index (χ3n) is 5.46. The molecule has 0 bridgehead atoms. The summed E-state index contributed by atoms with van der Waals surface area (Å²) in [6.45, 7) is 7.29. The lowest BCUT2D eigenvalue weighted by Gasteiger charge is -2.25. The van der Waals surface area contributed by atoms with Crippen molar-refractivity contribution >= 4 is 40.4 Å². The molecule has 0 aliphatic rings. The minimum absolute atomic E-state index is 0.276. The topological polar surface area (TPSA) is 142 Å². The van der Waals surface area contributed by atoms with Gasteiger partial charge < -0.3 is 19.9 Å². The van der Waals surface area contributed by atoms with Crippen molar-refractivity contribution in [2.75, 3.05) is 5.48 Å². The van der Waals surface area contributed by atoms with E-state index in [-0.39, 0.29) is 12.3 Å². The largest absolute Gasteiger partial charge is 0.748 e. The van der Waals surface area contributed by atoms with Crippen LogP contribution < -0.4 is 16.1 Å². The Morgan fingerprint density at radius 2 is 1.69 bits per heavy atom. The van der Waals surface area contributed by atoms with Crippen molar-refractivity contribution in [2.45, 2.75) is 64.6 Å². The molecule has 0 aliphatic carbocycles. The fourth-order valence-corrected chi connectivity index (χ4v) is 4.77. The Morgan fingerprint density at radius 1 is 1.03 bits per heavy atom. The zero-order valence-corrected chi connectivity index (χ0v) is 23.9. The molecule has 39 heavy (non-hydrogen) atoms. The van der Waals surface area contributed by atoms with Crippen LogP contribution in [0.5, 0.6) is 0 Å². The van der Waals surface area contributed by atoms with Crippen molar-refractivity contribution in [3.63, 3.8) is 0 Å². The molecule has 1 unspecified atom stereocenters. The first-order valence-corrected chi connectivity index (χ1v) is 14.3. The number of benzene rings is 2. The number of aromatic nitrogens is 1. The fraction of sp³-hybridized carbons (Fsp3) is 0.370. The number of ether oxygens (including phenoxy) is 1. The number of rotatable bonds is 12. The van der Waals surface area contributed by atoms with E-state index in [1.807, 2.05) is 42.6 Å². The van der Waals surface area contributed by atoms with Gasteiger partial charge in [-0.05, 0) is 56.9 Å². The normalized spacial score (nSPS) is 13.7. The molecule has 0 aliphatic heterocycles. The van der Waals surface area contributed by atoms with E-state index in [1.54, 1.807) is 45.0 Å². The molecule has 0 spiro atoms. The molecule has 12 heteroatoms. The average Bonchev–Trinajstić information content (AvgIpc) is 3.36. The van der Waals surface area contributed by atoms with E-state index in [9.17, 15) is 18.4 Å². The van der Waals surface area contributed by atoms with Crippen molar-refractivity contribution in [3.05, 3.63) is 81.8 Å². The zero-order valence-electron chi connectivity index (χ0n) is 22.3. The molecule has 0 saturated carbocycles. The van der Waals surface area contributed by atoms with Crippen molar-refractivity contribution in [1.29, 1.82) is 0 Å². The molecule has 3 rings (SSSR count). The Morgan fingerprint density at radius 3 is 2.28 bits per heavy atom. The number of thiazole rings is 1. The highest BCUT2D eigenvalue weighted by atomic mass is 32.2. The molecular weight excluding hydrogens is 540 g/mol. The second kappa shape index (κ2) is 14.2. The van der Waals surface area contributed by atoms with Gasteiger partial charge in [-0.2, -0.15) is 4.28 Å². The van der Waals surface area contributed by atoms with Crippen LogP contribution in [0.3, 0.4) is 0 Å². The third kappa shape index (κ3) is 10.4. The van der Waals surface area contributed by atoms with Gasteiger partial charge in [0.15, 0.2) is 0 Å². The summed E-state index contributed by atoms with van der Waals surface area (Å²) in [5.41, 5.74) is 4.75. The maximum Gasteiger partial charge on any atom is 0.408 e. The molecular formula is C27H33N4O6S2-. The molecule has 1 heterocycles. The van der Waals surface area contributed by atoms with Crippen LogP contribution in [0, 0.1) is 0 Å². The van der Waals surface area contributed by atoms with Crippen LogP contribution in [-0.2, 0) is 44.4 Å². The first-order chi connectivity index (χ1) is 18.5. The number of carbonyl (C=O) groups is 2. The molecule has 3 atom stereocenters. The monoisotopic (exact) mass is 573 g/mol. The molecule has 1 aromatic heterocycles. The molecule has 0 fully saturated rings. The van der Waals surface area contributed by atoms with Crippen LogP contribution in [0.25, 0.3) is 0 Å². The predicted octanol–water partition coefficient (Wildman–Crippen LogP) is 4.38. The summed E-state index contributed by atoms with van der Waals surface area (Å²) >= 11 is -1.24. The maximum atomic E-state index is 13.6. The summed E-state index contributed by atoms with van der Waals surface area (Å²) in [6, 6.07) is 15.0. The summed E-state index contributed by atoms with van der Waals surface area (Å²) in [7, 11) is 0. The number of hydrogen-bond donors (Lipinski definition) is 3. The molecule has 2 aromatic carbocycles. The quantitative estimate of drug-likeness (QED) is 0.214. The highest BCUT2D eigenvalue weighted by Gasteiger charge is 2.28. The summed E-state index contributed by atoms with van der Waals surface area (Å²) in [5, 5.41) is 8.51. The molecule has 10 nitrogen and oxygen atoms in total. The van der Waals surface area contributed by atoms with E-state index in [2.05, 4.69) is 25.4 Å². The average molecular weight is 574 g/mol. The summed E-state index contributed by atoms with van der Waals surface area (Å²) in [5.74, 6) is -0.368. The van der Waals surface area contributed by atoms with Gasteiger partial charge in [-0.15, -0.1) is 11.3 Å². The molecule has 2 amide bonds. The third-order valence-corrected chi connectivity index (χ3v) is 6.68. The lowest BCUT2D eigenvalue weighted by Crippen LogP contribution is -2.50. The predicted molar refractivity (Wildman–Crippen MR) is 149 cm³/mol. The Hall–Kier alpha value is -3.32. The first-order valence-electron chi connectivity index (χ1n) is 12.4. The number of nitrogens with one attached hydrogen (secondary N) is 3. The van der Waals surface area contributed by atoms with E-state index in [0.29, 0.717) is 12.1 Å². The van der Waals surface area contributed by atoms with Crippen LogP contribution in [0.1, 0.15) is 55.6 Å². The van der Waals surface area contributed by atoms with Gasteiger partial charge in [0.25, 0.3) is 0 Å². The molecule has 0 radical (unpaired) electrons. The lowest BCUT2D eigenvalue weighted by molar-refractivity contribution is -0.124. The molecule has 0 saturated heterocycles. The van der Waals surface area contributed by atoms with Crippen molar-refractivity contribution in [3.8, 4) is 0 Å². The second-order valence-electron chi connectivity index (χ2n) is 9.77. The van der Waals surface area contributed by atoms with E-state index in [1.165, 1.54) is 11.3 Å². The maximum absolute atomic E-state index is 13.6. The van der Waals surface area contributed by atoms with Crippen LogP contribution in [0.2, 0.25) is 0 Å². The van der Waals surface area contributed by atoms with E-state index in [0.717, 1.165) is 28.2 Å². The van der Waals surface area contributed by atoms with Gasteiger partial charge in [0, 0.05) is 11.8 Å². The van der Waals surface area contributed by atoms with Crippen molar-refractivity contribution < 1.29 is 27.4 Å². The number of nitrogens with zero attached hydrogens (tertiary/aromatic N) is 1. The lowest BCUT2D eigenvalue weighted by atomic mass is 10.0. The van der Waals surface area contributed by atoms with Gasteiger partial charge in [-0.1, -0.05) is 49.4 Å². The number of hydrogen-bond acceptors (Lipinski definition) is 9. The zero-order chi connectivity index (χ0) is 28.4. The SMILES string of the molecule is CCc1csc([C@H](Cc2ccc(NOS(=O)[O-])cc2)NC(=O)[C@@H](Cc2ccccc2)NC(=O)OC(C)(C)C)n1. The standard InChI is InChI=1S/C27H34N4O6S2/c1-5-20-17-38-25(28-20)23(16-19-11-13-21(14-12-19)31-37-39(34)35)29-24(32)22(15-18-9-7-6-8-10-18)30-26(33)36-27(2,3)4/h6-14,17,22-23,31H,5,15-16H2,1-4H3,(H,29,32)(H,30,33)(H,34,35)/p-1/t22-,23+/m1/s1. The van der Waals surface area contributed by atoms with Crippen LogP contribution in [0.15, 0.2) is 60.0 Å². The van der Waals surface area contributed by atoms with E-state index < -0.39 is 35.1 Å². The molecule has 3 aromatic rings. The fourth-order valence-electron chi connectivity index (χ4n) is 3.65. The minimum atomic E-state index is -2.70. The number of alkyl carbamates (subject to hydrolysis) is 1. The Labute approximate surface area is 235 Å². The van der Waals surface area contributed by atoms with E-state index >= 15 is 0 Å². The van der Waals surface area contributed by atoms with Gasteiger partial charge >= 0.3 is 6.09 Å². The number of aryl methyl sites for hydroxylation is 1. The Balaban J connectivity index is 1.81. The summed E-state index contributed by atoms with van der Waals surface area (Å²) in [6.07, 6.45) is 0.775. The van der Waals surface area contributed by atoms with Gasteiger partial charge in [0.05, 0.1) is 17.4 Å². The Bertz CT molecular complexity index is 1250. The smallest absolute Gasteiger partial charge is 0.408 e. The van der Waals surface area contributed by atoms with Crippen LogP contribution >= 0.6 is 11.3 Å². The number of anilines is 1. The van der Waals surface area contributed by atoms with Gasteiger partial charge in [-0.25, -0.2) is 14.0 Å². The van der Waals surface area contributed by atoms with Crippen molar-refractivity contribution in [1.82, 2.24) is 15.6 Å². The Kier molecular flexibility index (Phi) is 11.0. The summed E-state index contributed by atoms with van der Waals surface area (Å²) in [4.78, 5) is 30.9. The van der Waals surface area contributed by atoms with Crippen molar-refractivity contribution in [2.24, 2.45) is 0 Å².